The molecule has 0 saturated heterocycles. The lowest BCUT2D eigenvalue weighted by molar-refractivity contribution is -0.120. The van der Waals surface area contributed by atoms with Crippen LogP contribution >= 0.6 is 0 Å². The second-order valence-corrected chi connectivity index (χ2v) is 4.26. The van der Waals surface area contributed by atoms with Gasteiger partial charge in [0.05, 0.1) is 11.6 Å². The van der Waals surface area contributed by atoms with Gasteiger partial charge in [-0.1, -0.05) is 19.8 Å². The van der Waals surface area contributed by atoms with Crippen LogP contribution in [0, 0.1) is 11.3 Å². The number of nitriles is 1. The maximum absolute atomic E-state index is 11.9. The lowest BCUT2D eigenvalue weighted by Gasteiger charge is -2.15. The fourth-order valence-electron chi connectivity index (χ4n) is 1.63. The molecule has 0 aliphatic heterocycles. The van der Waals surface area contributed by atoms with Crippen molar-refractivity contribution in [2.75, 3.05) is 0 Å². The highest BCUT2D eigenvalue weighted by molar-refractivity contribution is 5.97. The van der Waals surface area contributed by atoms with Gasteiger partial charge in [-0.25, -0.2) is 0 Å². The maximum Gasteiger partial charge on any atom is 0.251 e. The Kier molecular flexibility index (Phi) is 5.55. The maximum atomic E-state index is 11.9. The van der Waals surface area contributed by atoms with Crippen LogP contribution in [0.1, 0.15) is 42.1 Å². The monoisotopic (exact) mass is 259 g/mol. The molecule has 0 aliphatic carbocycles. The number of rotatable bonds is 6. The van der Waals surface area contributed by atoms with E-state index in [4.69, 9.17) is 11.0 Å². The van der Waals surface area contributed by atoms with E-state index in [-0.39, 0.29) is 5.91 Å². The number of carbonyl (C=O) groups is 2. The highest BCUT2D eigenvalue weighted by atomic mass is 16.2. The quantitative estimate of drug-likeness (QED) is 0.806. The normalized spacial score (nSPS) is 11.4. The molecule has 0 aromatic heterocycles. The van der Waals surface area contributed by atoms with Gasteiger partial charge in [0.25, 0.3) is 5.91 Å². The van der Waals surface area contributed by atoms with Crippen molar-refractivity contribution in [3.05, 3.63) is 35.4 Å². The Morgan fingerprint density at radius 2 is 2.00 bits per heavy atom. The summed E-state index contributed by atoms with van der Waals surface area (Å²) in [4.78, 5) is 23.2. The third kappa shape index (κ3) is 4.43. The Hall–Kier alpha value is -2.35. The standard InChI is InChI=1S/C14H17N3O2/c1-2-3-4-12(13(16)18)17-14(19)11-7-5-10(9-15)6-8-11/h5-8,12H,2-4H2,1H3,(H2,16,18)(H,17,19)/t12-/m0/s1. The van der Waals surface area contributed by atoms with Gasteiger partial charge in [0.1, 0.15) is 6.04 Å². The van der Waals surface area contributed by atoms with Gasteiger partial charge in [0.2, 0.25) is 5.91 Å². The topological polar surface area (TPSA) is 96.0 Å². The first kappa shape index (κ1) is 14.7. The van der Waals surface area contributed by atoms with E-state index >= 15 is 0 Å². The van der Waals surface area contributed by atoms with E-state index in [2.05, 4.69) is 5.32 Å². The molecule has 5 nitrogen and oxygen atoms in total. The number of unbranched alkanes of at least 4 members (excludes halogenated alkanes) is 1. The van der Waals surface area contributed by atoms with Gasteiger partial charge in [-0.2, -0.15) is 5.26 Å². The zero-order valence-electron chi connectivity index (χ0n) is 10.8. The molecule has 0 radical (unpaired) electrons. The second-order valence-electron chi connectivity index (χ2n) is 4.26. The van der Waals surface area contributed by atoms with Crippen LogP contribution in [0.2, 0.25) is 0 Å². The Bertz CT molecular complexity index is 488. The molecule has 0 fully saturated rings. The summed E-state index contributed by atoms with van der Waals surface area (Å²) in [6.07, 6.45) is 2.28. The molecular weight excluding hydrogens is 242 g/mol. The predicted octanol–water partition coefficient (Wildman–Crippen LogP) is 1.33. The van der Waals surface area contributed by atoms with Crippen LogP contribution in [-0.2, 0) is 4.79 Å². The average Bonchev–Trinajstić information content (AvgIpc) is 2.43. The zero-order valence-corrected chi connectivity index (χ0v) is 10.8. The molecule has 0 aliphatic rings. The molecule has 0 heterocycles. The second kappa shape index (κ2) is 7.17. The van der Waals surface area contributed by atoms with Crippen molar-refractivity contribution in [3.8, 4) is 6.07 Å². The fourth-order valence-corrected chi connectivity index (χ4v) is 1.63. The minimum absolute atomic E-state index is 0.357. The molecule has 100 valence electrons. The summed E-state index contributed by atoms with van der Waals surface area (Å²) in [5.74, 6) is -0.889. The summed E-state index contributed by atoms with van der Waals surface area (Å²) in [5, 5.41) is 11.3. The number of nitrogens with one attached hydrogen (secondary N) is 1. The lowest BCUT2D eigenvalue weighted by Crippen LogP contribution is -2.44. The number of hydrogen-bond acceptors (Lipinski definition) is 3. The van der Waals surface area contributed by atoms with Crippen molar-refractivity contribution in [2.24, 2.45) is 5.73 Å². The van der Waals surface area contributed by atoms with E-state index in [9.17, 15) is 9.59 Å². The molecule has 1 aromatic rings. The van der Waals surface area contributed by atoms with Gasteiger partial charge < -0.3 is 11.1 Å². The zero-order chi connectivity index (χ0) is 14.3. The SMILES string of the molecule is CCCC[C@H](NC(=O)c1ccc(C#N)cc1)C(N)=O. The van der Waals surface area contributed by atoms with E-state index in [1.807, 2.05) is 13.0 Å². The Morgan fingerprint density at radius 3 is 2.47 bits per heavy atom. The van der Waals surface area contributed by atoms with Crippen molar-refractivity contribution in [1.82, 2.24) is 5.32 Å². The Morgan fingerprint density at radius 1 is 1.37 bits per heavy atom. The van der Waals surface area contributed by atoms with Crippen LogP contribution in [0.25, 0.3) is 0 Å². The molecule has 2 amide bonds. The number of nitrogens with zero attached hydrogens (tertiary/aromatic N) is 1. The molecule has 1 atom stereocenters. The summed E-state index contributed by atoms with van der Waals surface area (Å²) in [6, 6.07) is 7.53. The number of hydrogen-bond donors (Lipinski definition) is 2. The van der Waals surface area contributed by atoms with Crippen molar-refractivity contribution in [3.63, 3.8) is 0 Å². The molecule has 0 saturated carbocycles. The number of primary amides is 1. The highest BCUT2D eigenvalue weighted by Crippen LogP contribution is 2.05. The first-order valence-corrected chi connectivity index (χ1v) is 6.18. The molecule has 0 unspecified atom stereocenters. The largest absolute Gasteiger partial charge is 0.368 e. The minimum atomic E-state index is -0.650. The third-order valence-corrected chi connectivity index (χ3v) is 2.77. The number of carbonyl (C=O) groups excluding carboxylic acids is 2. The number of benzene rings is 1. The summed E-state index contributed by atoms with van der Waals surface area (Å²) >= 11 is 0. The molecule has 0 bridgehead atoms. The van der Waals surface area contributed by atoms with E-state index in [0.29, 0.717) is 17.5 Å². The van der Waals surface area contributed by atoms with Crippen molar-refractivity contribution in [2.45, 2.75) is 32.2 Å². The number of amides is 2. The van der Waals surface area contributed by atoms with Gasteiger partial charge in [0.15, 0.2) is 0 Å². The molecule has 19 heavy (non-hydrogen) atoms. The Balaban J connectivity index is 2.70. The molecule has 0 spiro atoms. The minimum Gasteiger partial charge on any atom is -0.368 e. The van der Waals surface area contributed by atoms with E-state index < -0.39 is 11.9 Å². The highest BCUT2D eigenvalue weighted by Gasteiger charge is 2.18. The molecule has 1 rings (SSSR count). The van der Waals surface area contributed by atoms with Crippen LogP contribution in [0.4, 0.5) is 0 Å². The van der Waals surface area contributed by atoms with Gasteiger partial charge in [-0.05, 0) is 30.7 Å². The van der Waals surface area contributed by atoms with Crippen molar-refractivity contribution in [1.29, 1.82) is 5.26 Å². The van der Waals surface area contributed by atoms with Crippen LogP contribution in [0.3, 0.4) is 0 Å². The van der Waals surface area contributed by atoms with Crippen molar-refractivity contribution < 1.29 is 9.59 Å². The molecule has 3 N–H and O–H groups in total. The first-order chi connectivity index (χ1) is 9.08. The van der Waals surface area contributed by atoms with Crippen LogP contribution in [0.15, 0.2) is 24.3 Å². The Labute approximate surface area is 112 Å². The fraction of sp³-hybridized carbons (Fsp3) is 0.357. The van der Waals surface area contributed by atoms with Gasteiger partial charge in [0, 0.05) is 5.56 Å². The summed E-state index contributed by atoms with van der Waals surface area (Å²) in [5.41, 5.74) is 6.14. The summed E-state index contributed by atoms with van der Waals surface area (Å²) in [7, 11) is 0. The first-order valence-electron chi connectivity index (χ1n) is 6.18. The van der Waals surface area contributed by atoms with Crippen LogP contribution in [0.5, 0.6) is 0 Å². The van der Waals surface area contributed by atoms with E-state index in [1.54, 1.807) is 24.3 Å². The van der Waals surface area contributed by atoms with Gasteiger partial charge >= 0.3 is 0 Å². The molecule has 1 aromatic carbocycles. The van der Waals surface area contributed by atoms with E-state index in [0.717, 1.165) is 12.8 Å². The third-order valence-electron chi connectivity index (χ3n) is 2.77. The smallest absolute Gasteiger partial charge is 0.251 e. The molecular formula is C14H17N3O2. The molecule has 5 heteroatoms. The average molecular weight is 259 g/mol. The van der Waals surface area contributed by atoms with E-state index in [1.165, 1.54) is 0 Å². The number of nitrogens with two attached hydrogens (primary N) is 1. The summed E-state index contributed by atoms with van der Waals surface area (Å²) in [6.45, 7) is 2.00. The lowest BCUT2D eigenvalue weighted by atomic mass is 10.1. The van der Waals surface area contributed by atoms with Gasteiger partial charge in [-0.15, -0.1) is 0 Å². The van der Waals surface area contributed by atoms with Crippen LogP contribution in [-0.4, -0.2) is 17.9 Å². The summed E-state index contributed by atoms with van der Waals surface area (Å²) < 4.78 is 0. The van der Waals surface area contributed by atoms with Crippen LogP contribution < -0.4 is 11.1 Å². The van der Waals surface area contributed by atoms with Gasteiger partial charge in [-0.3, -0.25) is 9.59 Å². The predicted molar refractivity (Wildman–Crippen MR) is 71.1 cm³/mol. The van der Waals surface area contributed by atoms with Crippen molar-refractivity contribution >= 4 is 11.8 Å².